The van der Waals surface area contributed by atoms with Gasteiger partial charge < -0.3 is 5.32 Å². The normalized spacial score (nSPS) is 17.6. The first-order valence-corrected chi connectivity index (χ1v) is 6.00. The highest BCUT2D eigenvalue weighted by Crippen LogP contribution is 2.36. The van der Waals surface area contributed by atoms with Crippen molar-refractivity contribution >= 4 is 5.69 Å². The van der Waals surface area contributed by atoms with Crippen molar-refractivity contribution in [3.05, 3.63) is 58.9 Å². The number of nitrogens with zero attached hydrogens (tertiary/aromatic N) is 1. The first-order chi connectivity index (χ1) is 8.24. The minimum atomic E-state index is 0.374. The number of anilines is 1. The van der Waals surface area contributed by atoms with Gasteiger partial charge in [-0.1, -0.05) is 12.1 Å². The summed E-state index contributed by atoms with van der Waals surface area (Å²) in [5, 5.41) is 3.59. The van der Waals surface area contributed by atoms with E-state index in [9.17, 15) is 0 Å². The number of benzene rings is 1. The number of aryl methyl sites for hydroxylation is 2. The highest BCUT2D eigenvalue weighted by atomic mass is 15.0. The van der Waals surface area contributed by atoms with Gasteiger partial charge in [0.15, 0.2) is 0 Å². The molecule has 0 spiro atoms. The second-order valence-electron chi connectivity index (χ2n) is 4.80. The molecule has 1 unspecified atom stereocenters. The second-order valence-corrected chi connectivity index (χ2v) is 4.80. The standard InChI is InChI=1S/C15H16N2/c1-10-6-11(2)13-8-14(17-15(13)7-10)12-4-3-5-16-9-12/h3-7,9,14,17H,8H2,1-2H3. The Morgan fingerprint density at radius 1 is 1.29 bits per heavy atom. The van der Waals surface area contributed by atoms with Crippen molar-refractivity contribution in [2.75, 3.05) is 5.32 Å². The van der Waals surface area contributed by atoms with Crippen LogP contribution in [0.5, 0.6) is 0 Å². The minimum absolute atomic E-state index is 0.374. The van der Waals surface area contributed by atoms with Crippen LogP contribution in [-0.2, 0) is 6.42 Å². The summed E-state index contributed by atoms with van der Waals surface area (Å²) in [6.07, 6.45) is 4.83. The van der Waals surface area contributed by atoms with Crippen molar-refractivity contribution in [2.24, 2.45) is 0 Å². The SMILES string of the molecule is Cc1cc(C)c2c(c1)NC(c1cccnc1)C2. The van der Waals surface area contributed by atoms with Crippen LogP contribution in [0.3, 0.4) is 0 Å². The van der Waals surface area contributed by atoms with Gasteiger partial charge in [-0.3, -0.25) is 4.98 Å². The van der Waals surface area contributed by atoms with E-state index in [2.05, 4.69) is 42.3 Å². The third kappa shape index (κ3) is 1.80. The van der Waals surface area contributed by atoms with Crippen molar-refractivity contribution in [3.8, 4) is 0 Å². The van der Waals surface area contributed by atoms with Gasteiger partial charge in [-0.05, 0) is 54.7 Å². The zero-order valence-corrected chi connectivity index (χ0v) is 10.2. The summed E-state index contributed by atoms with van der Waals surface area (Å²) in [6, 6.07) is 9.00. The molecule has 1 aliphatic heterocycles. The van der Waals surface area contributed by atoms with Crippen molar-refractivity contribution in [1.29, 1.82) is 0 Å². The molecular weight excluding hydrogens is 208 g/mol. The predicted octanol–water partition coefficient (Wildman–Crippen LogP) is 3.41. The van der Waals surface area contributed by atoms with Crippen LogP contribution in [0.15, 0.2) is 36.7 Å². The minimum Gasteiger partial charge on any atom is -0.378 e. The van der Waals surface area contributed by atoms with Gasteiger partial charge in [0.1, 0.15) is 0 Å². The molecule has 2 heterocycles. The number of pyridine rings is 1. The van der Waals surface area contributed by atoms with Crippen LogP contribution in [0.1, 0.15) is 28.3 Å². The Balaban J connectivity index is 1.96. The Bertz CT molecular complexity index is 546. The van der Waals surface area contributed by atoms with Crippen molar-refractivity contribution in [2.45, 2.75) is 26.3 Å². The van der Waals surface area contributed by atoms with Crippen molar-refractivity contribution in [1.82, 2.24) is 4.98 Å². The molecule has 0 amide bonds. The van der Waals surface area contributed by atoms with Crippen LogP contribution in [-0.4, -0.2) is 4.98 Å². The Morgan fingerprint density at radius 3 is 2.94 bits per heavy atom. The molecule has 0 fully saturated rings. The maximum atomic E-state index is 4.19. The van der Waals surface area contributed by atoms with Gasteiger partial charge in [-0.25, -0.2) is 0 Å². The zero-order chi connectivity index (χ0) is 11.8. The van der Waals surface area contributed by atoms with Crippen LogP contribution >= 0.6 is 0 Å². The quantitative estimate of drug-likeness (QED) is 0.803. The molecule has 2 nitrogen and oxygen atoms in total. The molecular formula is C15H16N2. The molecule has 0 bridgehead atoms. The summed E-state index contributed by atoms with van der Waals surface area (Å²) < 4.78 is 0. The Labute approximate surface area is 102 Å². The predicted molar refractivity (Wildman–Crippen MR) is 70.2 cm³/mol. The highest BCUT2D eigenvalue weighted by Gasteiger charge is 2.23. The molecule has 2 heteroatoms. The molecule has 1 aliphatic rings. The fourth-order valence-corrected chi connectivity index (χ4v) is 2.62. The number of hydrogen-bond acceptors (Lipinski definition) is 2. The summed E-state index contributed by atoms with van der Waals surface area (Å²) >= 11 is 0. The van der Waals surface area contributed by atoms with Gasteiger partial charge >= 0.3 is 0 Å². The zero-order valence-electron chi connectivity index (χ0n) is 10.2. The van der Waals surface area contributed by atoms with E-state index >= 15 is 0 Å². The fourth-order valence-electron chi connectivity index (χ4n) is 2.62. The van der Waals surface area contributed by atoms with E-state index in [-0.39, 0.29) is 0 Å². The lowest BCUT2D eigenvalue weighted by Gasteiger charge is -2.10. The van der Waals surface area contributed by atoms with Crippen LogP contribution in [0.4, 0.5) is 5.69 Å². The fraction of sp³-hybridized carbons (Fsp3) is 0.267. The topological polar surface area (TPSA) is 24.9 Å². The van der Waals surface area contributed by atoms with Gasteiger partial charge in [0.25, 0.3) is 0 Å². The smallest absolute Gasteiger partial charge is 0.0570 e. The molecule has 17 heavy (non-hydrogen) atoms. The van der Waals surface area contributed by atoms with Crippen molar-refractivity contribution in [3.63, 3.8) is 0 Å². The second kappa shape index (κ2) is 3.88. The van der Waals surface area contributed by atoms with E-state index in [1.165, 1.54) is 27.9 Å². The molecule has 86 valence electrons. The van der Waals surface area contributed by atoms with Gasteiger partial charge in [-0.2, -0.15) is 0 Å². The number of rotatable bonds is 1. The average Bonchev–Trinajstić information content (AvgIpc) is 2.74. The van der Waals surface area contributed by atoms with Crippen LogP contribution in [0.2, 0.25) is 0 Å². The number of fused-ring (bicyclic) bond motifs is 1. The monoisotopic (exact) mass is 224 g/mol. The maximum Gasteiger partial charge on any atom is 0.0570 e. The number of nitrogens with one attached hydrogen (secondary N) is 1. The molecule has 0 saturated carbocycles. The first-order valence-electron chi connectivity index (χ1n) is 6.00. The molecule has 1 aromatic heterocycles. The summed E-state index contributed by atoms with van der Waals surface area (Å²) in [4.78, 5) is 4.19. The van der Waals surface area contributed by atoms with Gasteiger partial charge in [0, 0.05) is 18.1 Å². The van der Waals surface area contributed by atoms with Crippen molar-refractivity contribution < 1.29 is 0 Å². The lowest BCUT2D eigenvalue weighted by molar-refractivity contribution is 0.815. The Kier molecular flexibility index (Phi) is 2.36. The number of hydrogen-bond donors (Lipinski definition) is 1. The molecule has 0 aliphatic carbocycles. The largest absolute Gasteiger partial charge is 0.378 e. The van der Waals surface area contributed by atoms with E-state index in [1.54, 1.807) is 0 Å². The van der Waals surface area contributed by atoms with E-state index < -0.39 is 0 Å². The Hall–Kier alpha value is -1.83. The van der Waals surface area contributed by atoms with E-state index in [1.807, 2.05) is 18.5 Å². The molecule has 2 aromatic rings. The van der Waals surface area contributed by atoms with E-state index in [0.29, 0.717) is 6.04 Å². The Morgan fingerprint density at radius 2 is 2.18 bits per heavy atom. The molecule has 1 atom stereocenters. The summed E-state index contributed by atoms with van der Waals surface area (Å²) in [7, 11) is 0. The molecule has 0 radical (unpaired) electrons. The molecule has 1 aromatic carbocycles. The van der Waals surface area contributed by atoms with Gasteiger partial charge in [-0.15, -0.1) is 0 Å². The van der Waals surface area contributed by atoms with E-state index in [4.69, 9.17) is 0 Å². The van der Waals surface area contributed by atoms with Crippen LogP contribution in [0, 0.1) is 13.8 Å². The van der Waals surface area contributed by atoms with Crippen LogP contribution < -0.4 is 5.32 Å². The lowest BCUT2D eigenvalue weighted by Crippen LogP contribution is -2.05. The third-order valence-electron chi connectivity index (χ3n) is 3.44. The third-order valence-corrected chi connectivity index (χ3v) is 3.44. The lowest BCUT2D eigenvalue weighted by atomic mass is 9.99. The van der Waals surface area contributed by atoms with Crippen LogP contribution in [0.25, 0.3) is 0 Å². The first kappa shape index (κ1) is 10.3. The van der Waals surface area contributed by atoms with Gasteiger partial charge in [0.2, 0.25) is 0 Å². The highest BCUT2D eigenvalue weighted by molar-refractivity contribution is 5.62. The summed E-state index contributed by atoms with van der Waals surface area (Å²) in [6.45, 7) is 4.34. The maximum absolute atomic E-state index is 4.19. The summed E-state index contributed by atoms with van der Waals surface area (Å²) in [5.41, 5.74) is 6.71. The average molecular weight is 224 g/mol. The molecule has 0 saturated heterocycles. The summed E-state index contributed by atoms with van der Waals surface area (Å²) in [5.74, 6) is 0. The van der Waals surface area contributed by atoms with Gasteiger partial charge in [0.05, 0.1) is 6.04 Å². The molecule has 3 rings (SSSR count). The molecule has 1 N–H and O–H groups in total. The van der Waals surface area contributed by atoms with E-state index in [0.717, 1.165) is 6.42 Å². The number of aromatic nitrogens is 1.